The number of benzene rings is 2. The molecule has 0 atom stereocenters. The van der Waals surface area contributed by atoms with Crippen LogP contribution in [-0.4, -0.2) is 44.2 Å². The van der Waals surface area contributed by atoms with Gasteiger partial charge in [-0.15, -0.1) is 5.10 Å². The Kier molecular flexibility index (Phi) is 5.44. The predicted octanol–water partition coefficient (Wildman–Crippen LogP) is 3.38. The zero-order chi connectivity index (χ0) is 20.4. The molecule has 3 aromatic rings. The Hall–Kier alpha value is -3.00. The molecule has 1 amide bonds. The second-order valence-corrected chi connectivity index (χ2v) is 8.02. The number of Topliss-reactive ketones (excluding diaryl/α,β-unsaturated/α-hetero) is 1. The minimum Gasteiger partial charge on any atom is -0.312 e. The molecule has 148 valence electrons. The van der Waals surface area contributed by atoms with Gasteiger partial charge in [-0.05, 0) is 60.0 Å². The number of nitrogens with zero attached hydrogens (tertiary/aromatic N) is 5. The monoisotopic (exact) mass is 407 g/mol. The minimum atomic E-state index is -0.0287. The summed E-state index contributed by atoms with van der Waals surface area (Å²) in [6, 6.07) is 13.3. The van der Waals surface area contributed by atoms with Crippen molar-refractivity contribution in [3.8, 4) is 5.69 Å². The molecule has 0 N–H and O–H groups in total. The number of anilines is 1. The van der Waals surface area contributed by atoms with Crippen molar-refractivity contribution in [2.75, 3.05) is 17.2 Å². The summed E-state index contributed by atoms with van der Waals surface area (Å²) in [6.07, 6.45) is 1.42. The first-order valence-electron chi connectivity index (χ1n) is 9.45. The molecule has 4 rings (SSSR count). The Morgan fingerprint density at radius 3 is 2.83 bits per heavy atom. The molecule has 2 heterocycles. The van der Waals surface area contributed by atoms with Crippen molar-refractivity contribution >= 4 is 29.1 Å². The molecule has 29 heavy (non-hydrogen) atoms. The number of amides is 1. The molecule has 0 saturated carbocycles. The molecule has 0 spiro atoms. The van der Waals surface area contributed by atoms with Gasteiger partial charge in [0.2, 0.25) is 11.1 Å². The fourth-order valence-electron chi connectivity index (χ4n) is 3.35. The Labute approximate surface area is 173 Å². The van der Waals surface area contributed by atoms with Crippen LogP contribution in [0.15, 0.2) is 47.6 Å². The van der Waals surface area contributed by atoms with Crippen molar-refractivity contribution < 1.29 is 9.59 Å². The standard InChI is InChI=1S/C21H21N5O2S/c1-14-8-9-15(2)18(11-14)26-21(22-23-24-26)29-13-19(27)16-5-3-6-17(12-16)25-10-4-7-20(25)28/h3,5-6,8-9,11-12H,4,7,10,13H2,1-2H3. The molecule has 1 aliphatic rings. The van der Waals surface area contributed by atoms with E-state index in [0.717, 1.165) is 28.9 Å². The van der Waals surface area contributed by atoms with E-state index in [2.05, 4.69) is 15.5 Å². The van der Waals surface area contributed by atoms with Crippen LogP contribution in [0.2, 0.25) is 0 Å². The van der Waals surface area contributed by atoms with E-state index >= 15 is 0 Å². The highest BCUT2D eigenvalue weighted by atomic mass is 32.2. The van der Waals surface area contributed by atoms with Gasteiger partial charge in [-0.3, -0.25) is 9.59 Å². The average Bonchev–Trinajstić information content (AvgIpc) is 3.37. The molecule has 0 radical (unpaired) electrons. The molecule has 8 heteroatoms. The Morgan fingerprint density at radius 1 is 1.17 bits per heavy atom. The van der Waals surface area contributed by atoms with E-state index in [4.69, 9.17) is 0 Å². The SMILES string of the molecule is Cc1ccc(C)c(-n2nnnc2SCC(=O)c2cccc(N3CCCC3=O)c2)c1. The maximum Gasteiger partial charge on any atom is 0.227 e. The summed E-state index contributed by atoms with van der Waals surface area (Å²) < 4.78 is 1.67. The number of rotatable bonds is 6. The number of carbonyl (C=O) groups excluding carboxylic acids is 2. The van der Waals surface area contributed by atoms with Crippen molar-refractivity contribution in [2.45, 2.75) is 31.8 Å². The van der Waals surface area contributed by atoms with Crippen LogP contribution in [0.25, 0.3) is 5.69 Å². The van der Waals surface area contributed by atoms with E-state index < -0.39 is 0 Å². The van der Waals surface area contributed by atoms with E-state index in [1.54, 1.807) is 21.7 Å². The lowest BCUT2D eigenvalue weighted by Crippen LogP contribution is -2.23. The number of aromatic nitrogens is 4. The molecule has 7 nitrogen and oxygen atoms in total. The summed E-state index contributed by atoms with van der Waals surface area (Å²) in [5.74, 6) is 0.290. The van der Waals surface area contributed by atoms with Crippen LogP contribution in [0.4, 0.5) is 5.69 Å². The number of ketones is 1. The van der Waals surface area contributed by atoms with Gasteiger partial charge in [0.25, 0.3) is 0 Å². The molecule has 2 aromatic carbocycles. The Morgan fingerprint density at radius 2 is 2.03 bits per heavy atom. The van der Waals surface area contributed by atoms with Crippen molar-refractivity contribution in [2.24, 2.45) is 0 Å². The second kappa shape index (κ2) is 8.16. The van der Waals surface area contributed by atoms with Crippen LogP contribution < -0.4 is 4.90 Å². The van der Waals surface area contributed by atoms with Crippen molar-refractivity contribution in [3.05, 3.63) is 59.2 Å². The second-order valence-electron chi connectivity index (χ2n) is 7.07. The fraction of sp³-hybridized carbons (Fsp3) is 0.286. The Bertz CT molecular complexity index is 1080. The zero-order valence-corrected chi connectivity index (χ0v) is 17.1. The van der Waals surface area contributed by atoms with Gasteiger partial charge in [-0.1, -0.05) is 36.0 Å². The van der Waals surface area contributed by atoms with Gasteiger partial charge in [-0.25, -0.2) is 0 Å². The van der Waals surface area contributed by atoms with Gasteiger partial charge < -0.3 is 4.90 Å². The van der Waals surface area contributed by atoms with Crippen molar-refractivity contribution in [1.29, 1.82) is 0 Å². The largest absolute Gasteiger partial charge is 0.312 e. The van der Waals surface area contributed by atoms with Crippen LogP contribution in [0, 0.1) is 13.8 Å². The predicted molar refractivity (Wildman–Crippen MR) is 112 cm³/mol. The molecule has 1 aliphatic heterocycles. The molecular weight excluding hydrogens is 386 g/mol. The van der Waals surface area contributed by atoms with Crippen molar-refractivity contribution in [3.63, 3.8) is 0 Å². The summed E-state index contributed by atoms with van der Waals surface area (Å²) in [5.41, 5.74) is 4.43. The van der Waals surface area contributed by atoms with Gasteiger partial charge in [0, 0.05) is 24.2 Å². The molecule has 1 saturated heterocycles. The van der Waals surface area contributed by atoms with Crippen LogP contribution in [-0.2, 0) is 4.79 Å². The number of carbonyl (C=O) groups is 2. The summed E-state index contributed by atoms with van der Waals surface area (Å²) in [6.45, 7) is 4.72. The summed E-state index contributed by atoms with van der Waals surface area (Å²) in [7, 11) is 0. The fourth-order valence-corrected chi connectivity index (χ4v) is 4.13. The van der Waals surface area contributed by atoms with E-state index in [1.165, 1.54) is 11.8 Å². The van der Waals surface area contributed by atoms with E-state index in [1.807, 2.05) is 44.2 Å². The average molecular weight is 407 g/mol. The smallest absolute Gasteiger partial charge is 0.227 e. The van der Waals surface area contributed by atoms with Crippen molar-refractivity contribution in [1.82, 2.24) is 20.2 Å². The maximum absolute atomic E-state index is 12.8. The number of tetrazole rings is 1. The van der Waals surface area contributed by atoms with E-state index in [-0.39, 0.29) is 17.4 Å². The third kappa shape index (κ3) is 4.07. The third-order valence-corrected chi connectivity index (χ3v) is 5.84. The van der Waals surface area contributed by atoms with E-state index in [0.29, 0.717) is 23.7 Å². The molecule has 0 bridgehead atoms. The lowest BCUT2D eigenvalue weighted by molar-refractivity contribution is -0.117. The zero-order valence-electron chi connectivity index (χ0n) is 16.3. The molecule has 0 unspecified atom stereocenters. The number of hydrogen-bond acceptors (Lipinski definition) is 6. The Balaban J connectivity index is 1.49. The van der Waals surface area contributed by atoms with Gasteiger partial charge in [0.15, 0.2) is 5.78 Å². The van der Waals surface area contributed by atoms with E-state index in [9.17, 15) is 9.59 Å². The number of thioether (sulfide) groups is 1. The highest BCUT2D eigenvalue weighted by molar-refractivity contribution is 7.99. The summed E-state index contributed by atoms with van der Waals surface area (Å²) >= 11 is 1.30. The highest BCUT2D eigenvalue weighted by Gasteiger charge is 2.22. The van der Waals surface area contributed by atoms with Crippen LogP contribution in [0.5, 0.6) is 0 Å². The van der Waals surface area contributed by atoms with Crippen LogP contribution >= 0.6 is 11.8 Å². The topological polar surface area (TPSA) is 81.0 Å². The molecule has 0 aliphatic carbocycles. The molecule has 1 fully saturated rings. The molecular formula is C21H21N5O2S. The number of hydrogen-bond donors (Lipinski definition) is 0. The van der Waals surface area contributed by atoms with Crippen LogP contribution in [0.3, 0.4) is 0 Å². The number of aryl methyl sites for hydroxylation is 2. The normalized spacial score (nSPS) is 13.9. The van der Waals surface area contributed by atoms with Gasteiger partial charge in [0.05, 0.1) is 11.4 Å². The minimum absolute atomic E-state index is 0.0287. The summed E-state index contributed by atoms with van der Waals surface area (Å²) in [5, 5.41) is 12.5. The first kappa shape index (κ1) is 19.3. The van der Waals surface area contributed by atoms with Gasteiger partial charge >= 0.3 is 0 Å². The van der Waals surface area contributed by atoms with Gasteiger partial charge in [0.1, 0.15) is 0 Å². The summed E-state index contributed by atoms with van der Waals surface area (Å²) in [4.78, 5) is 26.5. The quantitative estimate of drug-likeness (QED) is 0.460. The maximum atomic E-state index is 12.8. The lowest BCUT2D eigenvalue weighted by Gasteiger charge is -2.16. The first-order chi connectivity index (χ1) is 14.0. The molecule has 1 aromatic heterocycles. The van der Waals surface area contributed by atoms with Crippen LogP contribution in [0.1, 0.15) is 34.3 Å². The highest BCUT2D eigenvalue weighted by Crippen LogP contribution is 2.25. The first-order valence-corrected chi connectivity index (χ1v) is 10.4. The third-order valence-electron chi connectivity index (χ3n) is 4.92. The lowest BCUT2D eigenvalue weighted by atomic mass is 10.1. The van der Waals surface area contributed by atoms with Gasteiger partial charge in [-0.2, -0.15) is 4.68 Å².